The summed E-state index contributed by atoms with van der Waals surface area (Å²) < 4.78 is 1.24. The number of rotatable bonds is 0. The van der Waals surface area contributed by atoms with Gasteiger partial charge in [-0.2, -0.15) is 4.20 Å². The predicted molar refractivity (Wildman–Crippen MR) is 43.5 cm³/mol. The van der Waals surface area contributed by atoms with Crippen LogP contribution in [0.4, 0.5) is 0 Å². The fourth-order valence-electron chi connectivity index (χ4n) is 1.01. The smallest absolute Gasteiger partial charge is 0.115 e. The van der Waals surface area contributed by atoms with E-state index in [1.54, 1.807) is 0 Å². The predicted octanol–water partition coefficient (Wildman–Crippen LogP) is 1.74. The average molecular weight is 168 g/mol. The van der Waals surface area contributed by atoms with Crippen LogP contribution in [0.15, 0.2) is 18.2 Å². The van der Waals surface area contributed by atoms with Gasteiger partial charge in [0.2, 0.25) is 0 Å². The van der Waals surface area contributed by atoms with Gasteiger partial charge in [-0.3, -0.25) is 0 Å². The number of halogens is 1. The molecule has 0 aliphatic heterocycles. The molecule has 0 saturated carbocycles. The van der Waals surface area contributed by atoms with Crippen LogP contribution in [0.2, 0.25) is 0 Å². The van der Waals surface area contributed by atoms with Crippen LogP contribution in [0.5, 0.6) is 0 Å². The zero-order valence-electron chi connectivity index (χ0n) is 5.95. The quantitative estimate of drug-likeness (QED) is 0.599. The molecule has 0 unspecified atom stereocenters. The van der Waals surface area contributed by atoms with Crippen molar-refractivity contribution in [3.8, 4) is 0 Å². The molecule has 0 amide bonds. The molecule has 0 saturated heterocycles. The molecule has 0 aliphatic carbocycles. The monoisotopic (exact) mass is 167 g/mol. The molecule has 2 aromatic rings. The van der Waals surface area contributed by atoms with Crippen molar-refractivity contribution in [2.45, 2.75) is 6.92 Å². The van der Waals surface area contributed by atoms with Crippen molar-refractivity contribution >= 4 is 22.8 Å². The first-order chi connectivity index (χ1) is 5.27. The van der Waals surface area contributed by atoms with Crippen molar-refractivity contribution in [3.63, 3.8) is 0 Å². The van der Waals surface area contributed by atoms with Gasteiger partial charge in [0.1, 0.15) is 11.0 Å². The highest BCUT2D eigenvalue weighted by Gasteiger charge is 2.00. The maximum absolute atomic E-state index is 5.67. The van der Waals surface area contributed by atoms with E-state index in [4.69, 9.17) is 11.8 Å². The van der Waals surface area contributed by atoms with Crippen LogP contribution in [0.3, 0.4) is 0 Å². The van der Waals surface area contributed by atoms with Gasteiger partial charge in [0.05, 0.1) is 0 Å². The molecule has 0 radical (unpaired) electrons. The van der Waals surface area contributed by atoms with Gasteiger partial charge >= 0.3 is 0 Å². The lowest BCUT2D eigenvalue weighted by Gasteiger charge is -1.90. The van der Waals surface area contributed by atoms with Crippen LogP contribution in [0.25, 0.3) is 11.0 Å². The number of nitrogens with zero attached hydrogens (tertiary/aromatic N) is 3. The van der Waals surface area contributed by atoms with Crippen molar-refractivity contribution in [2.75, 3.05) is 0 Å². The summed E-state index contributed by atoms with van der Waals surface area (Å²) in [4.78, 5) is 0. The Hall–Kier alpha value is -1.09. The molecule has 0 fully saturated rings. The van der Waals surface area contributed by atoms with E-state index >= 15 is 0 Å². The maximum Gasteiger partial charge on any atom is 0.115 e. The summed E-state index contributed by atoms with van der Waals surface area (Å²) in [5, 5.41) is 7.53. The van der Waals surface area contributed by atoms with Crippen molar-refractivity contribution < 1.29 is 0 Å². The molecule has 0 aliphatic rings. The molecule has 0 spiro atoms. The van der Waals surface area contributed by atoms with Crippen LogP contribution in [0.1, 0.15) is 5.56 Å². The minimum Gasteiger partial charge on any atom is -0.152 e. The van der Waals surface area contributed by atoms with Crippen LogP contribution >= 0.6 is 11.8 Å². The Bertz CT molecular complexity index is 393. The van der Waals surface area contributed by atoms with E-state index in [1.165, 1.54) is 4.20 Å². The Labute approximate surface area is 68.7 Å². The molecule has 0 N–H and O–H groups in total. The molecule has 0 atom stereocenters. The first kappa shape index (κ1) is 6.61. The summed E-state index contributed by atoms with van der Waals surface area (Å²) in [5.74, 6) is 0. The second-order valence-electron chi connectivity index (χ2n) is 2.44. The van der Waals surface area contributed by atoms with Gasteiger partial charge in [0.25, 0.3) is 0 Å². The second-order valence-corrected chi connectivity index (χ2v) is 2.76. The van der Waals surface area contributed by atoms with Crippen LogP contribution < -0.4 is 0 Å². The lowest BCUT2D eigenvalue weighted by atomic mass is 10.2. The molecule has 4 heteroatoms. The zero-order chi connectivity index (χ0) is 7.84. The van der Waals surface area contributed by atoms with Gasteiger partial charge in [0, 0.05) is 11.8 Å². The standard InChI is InChI=1S/C7H6ClN3/c1-5-2-3-7-6(4-5)9-10-11(7)8/h2-4H,1H3. The van der Waals surface area contributed by atoms with Crippen molar-refractivity contribution in [1.29, 1.82) is 0 Å². The first-order valence-corrected chi connectivity index (χ1v) is 3.59. The fourth-order valence-corrected chi connectivity index (χ4v) is 1.18. The highest BCUT2D eigenvalue weighted by Crippen LogP contribution is 2.12. The molecular formula is C7H6ClN3. The van der Waals surface area contributed by atoms with Crippen LogP contribution in [-0.2, 0) is 0 Å². The third kappa shape index (κ3) is 0.973. The van der Waals surface area contributed by atoms with Gasteiger partial charge in [0.15, 0.2) is 0 Å². The van der Waals surface area contributed by atoms with Gasteiger partial charge in [-0.15, -0.1) is 5.10 Å². The Kier molecular flexibility index (Phi) is 1.32. The Balaban J connectivity index is 2.86. The summed E-state index contributed by atoms with van der Waals surface area (Å²) in [6.45, 7) is 2.01. The van der Waals surface area contributed by atoms with Gasteiger partial charge in [-0.05, 0) is 29.8 Å². The Morgan fingerprint density at radius 3 is 3.09 bits per heavy atom. The van der Waals surface area contributed by atoms with Crippen LogP contribution in [0, 0.1) is 6.92 Å². The first-order valence-electron chi connectivity index (χ1n) is 3.25. The molecule has 1 heterocycles. The molecule has 3 nitrogen and oxygen atoms in total. The topological polar surface area (TPSA) is 30.7 Å². The molecule has 0 bridgehead atoms. The van der Waals surface area contributed by atoms with E-state index in [-0.39, 0.29) is 0 Å². The Morgan fingerprint density at radius 1 is 1.45 bits per heavy atom. The van der Waals surface area contributed by atoms with Crippen molar-refractivity contribution in [1.82, 2.24) is 14.5 Å². The Morgan fingerprint density at radius 2 is 2.27 bits per heavy atom. The van der Waals surface area contributed by atoms with Crippen LogP contribution in [-0.4, -0.2) is 14.5 Å². The van der Waals surface area contributed by atoms with Gasteiger partial charge in [-0.1, -0.05) is 6.07 Å². The van der Waals surface area contributed by atoms with E-state index in [0.29, 0.717) is 0 Å². The molecule has 2 rings (SSSR count). The number of aromatic nitrogens is 3. The van der Waals surface area contributed by atoms with E-state index < -0.39 is 0 Å². The average Bonchev–Trinajstić information content (AvgIpc) is 2.32. The number of hydrogen-bond donors (Lipinski definition) is 0. The number of aryl methyl sites for hydroxylation is 1. The third-order valence-electron chi connectivity index (χ3n) is 1.56. The lowest BCUT2D eigenvalue weighted by molar-refractivity contribution is 0.899. The maximum atomic E-state index is 5.67. The molecule has 11 heavy (non-hydrogen) atoms. The SMILES string of the molecule is Cc1ccc2c(c1)nnn2Cl. The highest BCUT2D eigenvalue weighted by atomic mass is 35.5. The minimum absolute atomic E-state index is 0.833. The number of benzene rings is 1. The third-order valence-corrected chi connectivity index (χ3v) is 1.81. The summed E-state index contributed by atoms with van der Waals surface area (Å²) in [6, 6.07) is 5.82. The van der Waals surface area contributed by atoms with E-state index in [2.05, 4.69) is 10.3 Å². The number of hydrogen-bond acceptors (Lipinski definition) is 2. The van der Waals surface area contributed by atoms with E-state index in [1.807, 2.05) is 25.1 Å². The van der Waals surface area contributed by atoms with Crippen molar-refractivity contribution in [2.24, 2.45) is 0 Å². The van der Waals surface area contributed by atoms with E-state index in [9.17, 15) is 0 Å². The summed E-state index contributed by atoms with van der Waals surface area (Å²) in [6.07, 6.45) is 0. The summed E-state index contributed by atoms with van der Waals surface area (Å²) >= 11 is 5.67. The molecule has 1 aromatic heterocycles. The van der Waals surface area contributed by atoms with Gasteiger partial charge < -0.3 is 0 Å². The van der Waals surface area contributed by atoms with Gasteiger partial charge in [-0.25, -0.2) is 0 Å². The second kappa shape index (κ2) is 2.20. The lowest BCUT2D eigenvalue weighted by Crippen LogP contribution is -1.80. The van der Waals surface area contributed by atoms with Crippen molar-refractivity contribution in [3.05, 3.63) is 23.8 Å². The van der Waals surface area contributed by atoms with E-state index in [0.717, 1.165) is 16.6 Å². The molecular weight excluding hydrogens is 162 g/mol. The highest BCUT2D eigenvalue weighted by molar-refractivity contribution is 6.17. The molecule has 56 valence electrons. The summed E-state index contributed by atoms with van der Waals surface area (Å²) in [5.41, 5.74) is 2.84. The fraction of sp³-hybridized carbons (Fsp3) is 0.143. The largest absolute Gasteiger partial charge is 0.152 e. The minimum atomic E-state index is 0.833. The normalized spacial score (nSPS) is 10.7. The number of fused-ring (bicyclic) bond motifs is 1. The summed E-state index contributed by atoms with van der Waals surface area (Å²) in [7, 11) is 0. The molecule has 1 aromatic carbocycles. The zero-order valence-corrected chi connectivity index (χ0v) is 6.71.